The Kier molecular flexibility index (Phi) is 45.8. The predicted octanol–water partition coefficient (Wildman–Crippen LogP) is 16.4. The van der Waals surface area contributed by atoms with Gasteiger partial charge in [0.05, 0.1) is 0 Å². The van der Waals surface area contributed by atoms with Crippen LogP contribution in [0.5, 0.6) is 0 Å². The molecule has 6 heteroatoms. The van der Waals surface area contributed by atoms with E-state index in [1.807, 2.05) is 0 Å². The van der Waals surface area contributed by atoms with E-state index in [1.165, 1.54) is 161 Å². The molecule has 0 saturated carbocycles. The third-order valence-corrected chi connectivity index (χ3v) is 11.2. The van der Waals surface area contributed by atoms with E-state index >= 15 is 0 Å². The van der Waals surface area contributed by atoms with E-state index < -0.39 is 6.10 Å². The Morgan fingerprint density at radius 2 is 0.586 bits per heavy atom. The molecule has 0 aromatic carbocycles. The Morgan fingerprint density at radius 1 is 0.328 bits per heavy atom. The van der Waals surface area contributed by atoms with Gasteiger partial charge in [-0.15, -0.1) is 0 Å². The lowest BCUT2D eigenvalue weighted by atomic mass is 10.0. The highest BCUT2D eigenvalue weighted by Crippen LogP contribution is 2.16. The number of unbranched alkanes of at least 4 members (excludes halogenated alkanes) is 31. The molecule has 1 atom stereocenters. The molecular weight excluding hydrogens is 721 g/mol. The molecule has 0 bridgehead atoms. The number of ether oxygens (including phenoxy) is 3. The zero-order chi connectivity index (χ0) is 42.3. The zero-order valence-electron chi connectivity index (χ0n) is 38.8. The maximum atomic E-state index is 12.7. The van der Waals surface area contributed by atoms with Crippen LogP contribution >= 0.6 is 0 Å². The minimum absolute atomic E-state index is 0.0737. The molecule has 340 valence electrons. The van der Waals surface area contributed by atoms with E-state index in [2.05, 4.69) is 45.1 Å². The average molecular weight is 817 g/mol. The van der Waals surface area contributed by atoms with Crippen molar-refractivity contribution in [3.63, 3.8) is 0 Å². The lowest BCUT2D eigenvalue weighted by Gasteiger charge is -2.18. The highest BCUT2D eigenvalue weighted by atomic mass is 16.6. The molecule has 6 nitrogen and oxygen atoms in total. The van der Waals surface area contributed by atoms with Gasteiger partial charge < -0.3 is 14.2 Å². The summed E-state index contributed by atoms with van der Waals surface area (Å²) in [7, 11) is 0. The van der Waals surface area contributed by atoms with E-state index in [9.17, 15) is 14.4 Å². The van der Waals surface area contributed by atoms with Crippen molar-refractivity contribution >= 4 is 17.9 Å². The van der Waals surface area contributed by atoms with Gasteiger partial charge >= 0.3 is 17.9 Å². The molecule has 0 aromatic rings. The van der Waals surface area contributed by atoms with Gasteiger partial charge in [-0.1, -0.05) is 212 Å². The van der Waals surface area contributed by atoms with E-state index in [0.29, 0.717) is 19.3 Å². The first-order valence-corrected chi connectivity index (χ1v) is 25.3. The van der Waals surface area contributed by atoms with Crippen molar-refractivity contribution in [3.8, 4) is 0 Å². The first-order chi connectivity index (χ1) is 28.5. The van der Waals surface area contributed by atoms with Crippen molar-refractivity contribution in [2.24, 2.45) is 0 Å². The van der Waals surface area contributed by atoms with E-state index in [4.69, 9.17) is 14.2 Å². The van der Waals surface area contributed by atoms with Gasteiger partial charge in [-0.05, 0) is 64.2 Å². The third kappa shape index (κ3) is 45.0. The number of carbonyl (C=O) groups excluding carboxylic acids is 3. The van der Waals surface area contributed by atoms with Gasteiger partial charge in [0.1, 0.15) is 13.2 Å². The topological polar surface area (TPSA) is 78.9 Å². The minimum atomic E-state index is -0.773. The summed E-state index contributed by atoms with van der Waals surface area (Å²) in [5, 5.41) is 0. The number of carbonyl (C=O) groups is 3. The number of hydrogen-bond acceptors (Lipinski definition) is 6. The van der Waals surface area contributed by atoms with Crippen LogP contribution in [-0.4, -0.2) is 37.2 Å². The highest BCUT2D eigenvalue weighted by Gasteiger charge is 2.19. The summed E-state index contributed by atoms with van der Waals surface area (Å²) < 4.78 is 16.8. The van der Waals surface area contributed by atoms with Crippen LogP contribution in [0.25, 0.3) is 0 Å². The molecule has 0 radical (unpaired) electrons. The second-order valence-corrected chi connectivity index (χ2v) is 17.1. The summed E-state index contributed by atoms with van der Waals surface area (Å²) in [6, 6.07) is 0. The first kappa shape index (κ1) is 55.9. The Hall–Kier alpha value is -2.11. The van der Waals surface area contributed by atoms with E-state index in [0.717, 1.165) is 70.6 Å². The smallest absolute Gasteiger partial charge is 0.306 e. The molecule has 0 spiro atoms. The number of allylic oxidation sites excluding steroid dienone is 4. The van der Waals surface area contributed by atoms with Crippen molar-refractivity contribution < 1.29 is 28.6 Å². The summed E-state index contributed by atoms with van der Waals surface area (Å²) in [6.45, 7) is 6.58. The monoisotopic (exact) mass is 817 g/mol. The highest BCUT2D eigenvalue weighted by molar-refractivity contribution is 5.71. The van der Waals surface area contributed by atoms with Gasteiger partial charge in [-0.3, -0.25) is 14.4 Å². The number of rotatable bonds is 46. The summed E-state index contributed by atoms with van der Waals surface area (Å²) in [5.74, 6) is -0.883. The summed E-state index contributed by atoms with van der Waals surface area (Å²) in [5.41, 5.74) is 0. The van der Waals surface area contributed by atoms with E-state index in [-0.39, 0.29) is 31.1 Å². The van der Waals surface area contributed by atoms with Gasteiger partial charge in [-0.25, -0.2) is 0 Å². The van der Waals surface area contributed by atoms with Crippen molar-refractivity contribution in [1.29, 1.82) is 0 Å². The fraction of sp³-hybridized carbons (Fsp3) is 0.865. The van der Waals surface area contributed by atoms with Crippen molar-refractivity contribution in [2.75, 3.05) is 13.2 Å². The van der Waals surface area contributed by atoms with Gasteiger partial charge in [0.25, 0.3) is 0 Å². The van der Waals surface area contributed by atoms with Gasteiger partial charge in [0.15, 0.2) is 6.10 Å². The van der Waals surface area contributed by atoms with Crippen molar-refractivity contribution in [3.05, 3.63) is 24.3 Å². The second-order valence-electron chi connectivity index (χ2n) is 17.1. The molecule has 0 aliphatic rings. The Labute approximate surface area is 360 Å². The average Bonchev–Trinajstić information content (AvgIpc) is 3.22. The van der Waals surface area contributed by atoms with Gasteiger partial charge in [0.2, 0.25) is 0 Å². The molecule has 0 heterocycles. The Bertz CT molecular complexity index is 942. The maximum absolute atomic E-state index is 12.7. The lowest BCUT2D eigenvalue weighted by Crippen LogP contribution is -2.30. The Balaban J connectivity index is 4.31. The summed E-state index contributed by atoms with van der Waals surface area (Å²) in [6.07, 6.45) is 53.0. The molecule has 58 heavy (non-hydrogen) atoms. The predicted molar refractivity (Wildman–Crippen MR) is 247 cm³/mol. The van der Waals surface area contributed by atoms with E-state index in [1.54, 1.807) is 0 Å². The lowest BCUT2D eigenvalue weighted by molar-refractivity contribution is -0.167. The van der Waals surface area contributed by atoms with Crippen LogP contribution in [0.15, 0.2) is 24.3 Å². The summed E-state index contributed by atoms with van der Waals surface area (Å²) >= 11 is 0. The van der Waals surface area contributed by atoms with Crippen LogP contribution in [0, 0.1) is 0 Å². The molecule has 1 unspecified atom stereocenters. The SMILES string of the molecule is CCCC/C=C\CCCCCCCC(=O)OCC(COC(=O)CCCCCCCCCCCCCCCCCCC)OC(=O)CCCCCCC/C=C\CCCCC. The zero-order valence-corrected chi connectivity index (χ0v) is 38.8. The first-order valence-electron chi connectivity index (χ1n) is 25.3. The largest absolute Gasteiger partial charge is 0.462 e. The van der Waals surface area contributed by atoms with Crippen molar-refractivity contribution in [2.45, 2.75) is 277 Å². The molecule has 0 amide bonds. The van der Waals surface area contributed by atoms with Gasteiger partial charge in [0, 0.05) is 19.3 Å². The normalized spacial score (nSPS) is 12.1. The van der Waals surface area contributed by atoms with Crippen molar-refractivity contribution in [1.82, 2.24) is 0 Å². The van der Waals surface area contributed by atoms with Crippen LogP contribution < -0.4 is 0 Å². The third-order valence-electron chi connectivity index (χ3n) is 11.2. The van der Waals surface area contributed by atoms with Crippen LogP contribution in [0.3, 0.4) is 0 Å². The van der Waals surface area contributed by atoms with Crippen LogP contribution in [0.2, 0.25) is 0 Å². The maximum Gasteiger partial charge on any atom is 0.306 e. The van der Waals surface area contributed by atoms with Crippen LogP contribution in [0.4, 0.5) is 0 Å². The molecule has 0 rings (SSSR count). The quantitative estimate of drug-likeness (QED) is 0.0263. The molecule has 0 N–H and O–H groups in total. The number of esters is 3. The van der Waals surface area contributed by atoms with Crippen LogP contribution in [-0.2, 0) is 28.6 Å². The molecule has 0 saturated heterocycles. The number of hydrogen-bond donors (Lipinski definition) is 0. The molecule has 0 aromatic heterocycles. The molecule has 0 aliphatic heterocycles. The summed E-state index contributed by atoms with van der Waals surface area (Å²) in [4.78, 5) is 37.8. The second kappa shape index (κ2) is 47.6. The van der Waals surface area contributed by atoms with Gasteiger partial charge in [-0.2, -0.15) is 0 Å². The minimum Gasteiger partial charge on any atom is -0.462 e. The van der Waals surface area contributed by atoms with Crippen LogP contribution in [0.1, 0.15) is 271 Å². The molecular formula is C52H96O6. The fourth-order valence-corrected chi connectivity index (χ4v) is 7.30. The Morgan fingerprint density at radius 3 is 0.948 bits per heavy atom. The molecule has 0 fully saturated rings. The molecule has 0 aliphatic carbocycles. The fourth-order valence-electron chi connectivity index (χ4n) is 7.30. The standard InChI is InChI=1S/C52H96O6/c1-4-7-10-13-16-19-22-24-25-26-27-28-31-33-36-39-42-45-51(54)57-48-49(47-56-50(53)44-41-38-35-32-29-21-18-15-12-9-6-3)58-52(55)46-43-40-37-34-30-23-20-17-14-11-8-5-2/h15,17-18,20,49H,4-14,16,19,21-48H2,1-3H3/b18-15-,20-17-.